The van der Waals surface area contributed by atoms with Gasteiger partial charge in [0, 0.05) is 6.07 Å². The van der Waals surface area contributed by atoms with Crippen LogP contribution in [0.25, 0.3) is 0 Å². The maximum Gasteiger partial charge on any atom is 0.311 e. The fourth-order valence-electron chi connectivity index (χ4n) is 1.55. The van der Waals surface area contributed by atoms with Gasteiger partial charge in [-0.25, -0.2) is 0 Å². The lowest BCUT2D eigenvalue weighted by atomic mass is 10.2. The van der Waals surface area contributed by atoms with Crippen molar-refractivity contribution in [2.24, 2.45) is 0 Å². The molecule has 0 aromatic heterocycles. The molecule has 0 spiro atoms. The average molecular weight is 327 g/mol. The van der Waals surface area contributed by atoms with Crippen LogP contribution in [0.2, 0.25) is 18.1 Å². The fourth-order valence-corrected chi connectivity index (χ4v) is 2.51. The Kier molecular flexibility index (Phi) is 6.10. The van der Waals surface area contributed by atoms with Gasteiger partial charge in [0.2, 0.25) is 0 Å². The Hall–Kier alpha value is -1.44. The van der Waals surface area contributed by atoms with Gasteiger partial charge in [0.25, 0.3) is 0 Å². The summed E-state index contributed by atoms with van der Waals surface area (Å²) < 4.78 is 11.2. The Bertz CT molecular complexity index is 525. The zero-order valence-electron chi connectivity index (χ0n) is 13.9. The molecule has 0 saturated heterocycles. The number of nitro groups is 1. The van der Waals surface area contributed by atoms with Gasteiger partial charge in [-0.1, -0.05) is 26.8 Å². The van der Waals surface area contributed by atoms with Crippen molar-refractivity contribution in [3.05, 3.63) is 33.9 Å². The largest absolute Gasteiger partial charge is 0.484 e. The highest BCUT2D eigenvalue weighted by atomic mass is 28.4. The molecule has 6 nitrogen and oxygen atoms in total. The van der Waals surface area contributed by atoms with E-state index >= 15 is 0 Å². The van der Waals surface area contributed by atoms with Crippen LogP contribution in [0.15, 0.2) is 18.2 Å². The van der Waals surface area contributed by atoms with Crippen LogP contribution in [-0.2, 0) is 11.0 Å². The third-order valence-electron chi connectivity index (χ3n) is 3.97. The van der Waals surface area contributed by atoms with E-state index in [9.17, 15) is 10.1 Å². The second kappa shape index (κ2) is 7.21. The number of hydrogen-bond acceptors (Lipinski definition) is 5. The molecule has 0 aliphatic rings. The number of benzene rings is 1. The smallest absolute Gasteiger partial charge is 0.311 e. The van der Waals surface area contributed by atoms with E-state index in [0.717, 1.165) is 5.56 Å². The highest BCUT2D eigenvalue weighted by Gasteiger charge is 2.37. The molecule has 7 heteroatoms. The van der Waals surface area contributed by atoms with Crippen LogP contribution in [0.3, 0.4) is 0 Å². The van der Waals surface area contributed by atoms with Gasteiger partial charge in [-0.05, 0) is 29.8 Å². The standard InChI is InChI=1S/C15H25NO5Si/c1-15(2,3)22(4,5)21-11-12-6-7-14(20-9-8-17)13(10-12)16(18)19/h6-7,10,17H,8-9,11H2,1-5H3. The van der Waals surface area contributed by atoms with E-state index in [1.165, 1.54) is 6.07 Å². The Morgan fingerprint density at radius 3 is 2.45 bits per heavy atom. The third-order valence-corrected chi connectivity index (χ3v) is 8.45. The van der Waals surface area contributed by atoms with Gasteiger partial charge in [-0.3, -0.25) is 10.1 Å². The van der Waals surface area contributed by atoms with Crippen LogP contribution in [0.4, 0.5) is 5.69 Å². The van der Waals surface area contributed by atoms with Crippen molar-refractivity contribution < 1.29 is 19.2 Å². The molecule has 0 aliphatic carbocycles. The summed E-state index contributed by atoms with van der Waals surface area (Å²) in [5, 5.41) is 20.0. The first kappa shape index (κ1) is 18.6. The quantitative estimate of drug-likeness (QED) is 0.471. The minimum absolute atomic E-state index is 0.0284. The zero-order valence-corrected chi connectivity index (χ0v) is 14.9. The number of aliphatic hydroxyl groups is 1. The minimum atomic E-state index is -1.90. The number of aliphatic hydroxyl groups excluding tert-OH is 1. The minimum Gasteiger partial charge on any atom is -0.484 e. The maximum absolute atomic E-state index is 11.1. The van der Waals surface area contributed by atoms with E-state index in [4.69, 9.17) is 14.3 Å². The van der Waals surface area contributed by atoms with E-state index in [2.05, 4.69) is 33.9 Å². The molecule has 1 aromatic carbocycles. The van der Waals surface area contributed by atoms with Crippen molar-refractivity contribution in [3.8, 4) is 5.75 Å². The summed E-state index contributed by atoms with van der Waals surface area (Å²) in [6.07, 6.45) is 0. The SMILES string of the molecule is CC(C)(C)[Si](C)(C)OCc1ccc(OCCO)c([N+](=O)[O-])c1. The number of ether oxygens (including phenoxy) is 1. The summed E-state index contributed by atoms with van der Waals surface area (Å²) in [6.45, 7) is 10.9. The number of nitrogens with zero attached hydrogens (tertiary/aromatic N) is 1. The van der Waals surface area contributed by atoms with Crippen molar-refractivity contribution in [3.63, 3.8) is 0 Å². The van der Waals surface area contributed by atoms with Crippen molar-refractivity contribution in [1.29, 1.82) is 0 Å². The van der Waals surface area contributed by atoms with E-state index in [-0.39, 0.29) is 29.7 Å². The summed E-state index contributed by atoms with van der Waals surface area (Å²) in [7, 11) is -1.90. The molecular formula is C15H25NO5Si. The predicted octanol–water partition coefficient (Wildman–Crippen LogP) is 3.49. The average Bonchev–Trinajstić information content (AvgIpc) is 2.42. The number of hydrogen-bond donors (Lipinski definition) is 1. The van der Waals surface area contributed by atoms with Crippen molar-refractivity contribution in [2.75, 3.05) is 13.2 Å². The van der Waals surface area contributed by atoms with Gasteiger partial charge in [-0.15, -0.1) is 0 Å². The highest BCUT2D eigenvalue weighted by molar-refractivity contribution is 6.74. The van der Waals surface area contributed by atoms with Gasteiger partial charge in [0.15, 0.2) is 14.1 Å². The number of nitro benzene ring substituents is 1. The fraction of sp³-hybridized carbons (Fsp3) is 0.600. The first-order chi connectivity index (χ1) is 10.1. The lowest BCUT2D eigenvalue weighted by molar-refractivity contribution is -0.386. The lowest BCUT2D eigenvalue weighted by Crippen LogP contribution is -2.40. The molecule has 1 N–H and O–H groups in total. The third kappa shape index (κ3) is 4.79. The Labute approximate surface area is 132 Å². The molecule has 22 heavy (non-hydrogen) atoms. The molecule has 0 fully saturated rings. The lowest BCUT2D eigenvalue weighted by Gasteiger charge is -2.36. The van der Waals surface area contributed by atoms with Crippen molar-refractivity contribution in [1.82, 2.24) is 0 Å². The molecule has 0 bridgehead atoms. The summed E-state index contributed by atoms with van der Waals surface area (Å²) in [6, 6.07) is 4.78. The molecule has 124 valence electrons. The molecular weight excluding hydrogens is 302 g/mol. The molecule has 0 amide bonds. The van der Waals surface area contributed by atoms with Gasteiger partial charge >= 0.3 is 5.69 Å². The van der Waals surface area contributed by atoms with Gasteiger partial charge < -0.3 is 14.3 Å². The molecule has 0 heterocycles. The zero-order chi connectivity index (χ0) is 17.0. The Balaban J connectivity index is 2.89. The Morgan fingerprint density at radius 2 is 1.95 bits per heavy atom. The van der Waals surface area contributed by atoms with Gasteiger partial charge in [0.05, 0.1) is 18.1 Å². The first-order valence-electron chi connectivity index (χ1n) is 7.23. The maximum atomic E-state index is 11.1. The normalized spacial score (nSPS) is 12.3. The Morgan fingerprint density at radius 1 is 1.32 bits per heavy atom. The van der Waals surface area contributed by atoms with E-state index < -0.39 is 13.2 Å². The number of rotatable bonds is 7. The monoisotopic (exact) mass is 327 g/mol. The van der Waals surface area contributed by atoms with Crippen LogP contribution < -0.4 is 4.74 Å². The second-order valence-electron chi connectivity index (χ2n) is 6.68. The molecule has 1 aromatic rings. The predicted molar refractivity (Wildman–Crippen MR) is 87.7 cm³/mol. The van der Waals surface area contributed by atoms with Crippen molar-refractivity contribution in [2.45, 2.75) is 45.5 Å². The molecule has 0 saturated carbocycles. The van der Waals surface area contributed by atoms with Crippen LogP contribution in [0.5, 0.6) is 5.75 Å². The van der Waals surface area contributed by atoms with E-state index in [1.807, 2.05) is 0 Å². The van der Waals surface area contributed by atoms with Crippen LogP contribution in [0.1, 0.15) is 26.3 Å². The first-order valence-corrected chi connectivity index (χ1v) is 10.1. The van der Waals surface area contributed by atoms with Crippen molar-refractivity contribution >= 4 is 14.0 Å². The topological polar surface area (TPSA) is 81.8 Å². The second-order valence-corrected chi connectivity index (χ2v) is 11.5. The highest BCUT2D eigenvalue weighted by Crippen LogP contribution is 2.37. The summed E-state index contributed by atoms with van der Waals surface area (Å²) >= 11 is 0. The van der Waals surface area contributed by atoms with Crippen LogP contribution in [0, 0.1) is 10.1 Å². The summed E-state index contributed by atoms with van der Waals surface area (Å²) in [5.41, 5.74) is 0.637. The van der Waals surface area contributed by atoms with E-state index in [0.29, 0.717) is 6.61 Å². The summed E-state index contributed by atoms with van der Waals surface area (Å²) in [5.74, 6) is 0.162. The summed E-state index contributed by atoms with van der Waals surface area (Å²) in [4.78, 5) is 10.6. The molecule has 0 aliphatic heterocycles. The molecule has 1 rings (SSSR count). The molecule has 0 unspecified atom stereocenters. The molecule has 0 radical (unpaired) electrons. The van der Waals surface area contributed by atoms with E-state index in [1.54, 1.807) is 12.1 Å². The van der Waals surface area contributed by atoms with Crippen LogP contribution in [-0.4, -0.2) is 31.6 Å². The van der Waals surface area contributed by atoms with Gasteiger partial charge in [0.1, 0.15) is 6.61 Å². The van der Waals surface area contributed by atoms with Crippen LogP contribution >= 0.6 is 0 Å². The molecule has 0 atom stereocenters. The van der Waals surface area contributed by atoms with Gasteiger partial charge in [-0.2, -0.15) is 0 Å².